The molecule has 1 aliphatic carbocycles. The third-order valence-corrected chi connectivity index (χ3v) is 4.89. The average molecular weight is 351 g/mol. The number of aromatic amines is 1. The maximum Gasteiger partial charge on any atom is 0.328 e. The lowest BCUT2D eigenvalue weighted by molar-refractivity contribution is 0.299. The van der Waals surface area contributed by atoms with Gasteiger partial charge in [-0.05, 0) is 67.5 Å². The molecule has 0 amide bonds. The van der Waals surface area contributed by atoms with E-state index in [1.165, 1.54) is 15.7 Å². The molecule has 0 unspecified atom stereocenters. The van der Waals surface area contributed by atoms with Gasteiger partial charge in [-0.15, -0.1) is 0 Å². The van der Waals surface area contributed by atoms with Crippen molar-refractivity contribution < 1.29 is 4.74 Å². The molecule has 6 heteroatoms. The van der Waals surface area contributed by atoms with Crippen LogP contribution in [0.3, 0.4) is 0 Å². The van der Waals surface area contributed by atoms with Gasteiger partial charge < -0.3 is 9.72 Å². The van der Waals surface area contributed by atoms with E-state index in [9.17, 15) is 9.59 Å². The molecule has 26 heavy (non-hydrogen) atoms. The van der Waals surface area contributed by atoms with Gasteiger partial charge in [0.2, 0.25) is 0 Å². The van der Waals surface area contributed by atoms with Crippen molar-refractivity contribution in [3.63, 3.8) is 0 Å². The maximum absolute atomic E-state index is 12.8. The van der Waals surface area contributed by atoms with Crippen molar-refractivity contribution in [2.24, 2.45) is 0 Å². The highest BCUT2D eigenvalue weighted by molar-refractivity contribution is 5.79. The first-order chi connectivity index (χ1) is 12.7. The maximum atomic E-state index is 12.8. The molecule has 0 aliphatic heterocycles. The number of fused-ring (bicyclic) bond motifs is 2. The molecule has 0 atom stereocenters. The van der Waals surface area contributed by atoms with Crippen molar-refractivity contribution in [2.45, 2.75) is 38.6 Å². The zero-order valence-electron chi connectivity index (χ0n) is 14.5. The van der Waals surface area contributed by atoms with E-state index in [0.717, 1.165) is 31.4 Å². The Labute approximate surface area is 150 Å². The molecule has 1 N–H and O–H groups in total. The van der Waals surface area contributed by atoms with Gasteiger partial charge in [-0.3, -0.25) is 14.3 Å². The van der Waals surface area contributed by atoms with Gasteiger partial charge in [0.25, 0.3) is 5.56 Å². The number of aryl methyl sites for hydroxylation is 2. The van der Waals surface area contributed by atoms with E-state index in [1.807, 2.05) is 12.1 Å². The molecule has 1 aromatic carbocycles. The lowest BCUT2D eigenvalue weighted by Gasteiger charge is -2.16. The van der Waals surface area contributed by atoms with E-state index in [4.69, 9.17) is 4.74 Å². The summed E-state index contributed by atoms with van der Waals surface area (Å²) < 4.78 is 6.87. The minimum absolute atomic E-state index is 0.221. The number of nitrogens with one attached hydrogen (secondary N) is 1. The lowest BCUT2D eigenvalue weighted by Crippen LogP contribution is -2.35. The summed E-state index contributed by atoms with van der Waals surface area (Å²) in [7, 11) is 0. The van der Waals surface area contributed by atoms with Gasteiger partial charge in [0.15, 0.2) is 0 Å². The van der Waals surface area contributed by atoms with Gasteiger partial charge in [-0.25, -0.2) is 4.79 Å². The van der Waals surface area contributed by atoms with Crippen molar-refractivity contribution in [3.05, 3.63) is 68.6 Å². The summed E-state index contributed by atoms with van der Waals surface area (Å²) in [4.78, 5) is 31.9. The summed E-state index contributed by atoms with van der Waals surface area (Å²) in [6.07, 6.45) is 8.23. The Balaban J connectivity index is 1.55. The molecule has 0 fully saturated rings. The molecular formula is C20H21N3O3. The van der Waals surface area contributed by atoms with Crippen LogP contribution in [0.1, 0.15) is 30.4 Å². The van der Waals surface area contributed by atoms with Crippen molar-refractivity contribution in [1.29, 1.82) is 0 Å². The number of benzene rings is 1. The van der Waals surface area contributed by atoms with Crippen LogP contribution in [0.5, 0.6) is 5.75 Å². The molecule has 2 aromatic heterocycles. The highest BCUT2D eigenvalue weighted by Gasteiger charge is 2.14. The Kier molecular flexibility index (Phi) is 4.56. The van der Waals surface area contributed by atoms with Crippen LogP contribution in [0.4, 0.5) is 0 Å². The fraction of sp³-hybridized carbons (Fsp3) is 0.350. The van der Waals surface area contributed by atoms with Crippen LogP contribution in [0, 0.1) is 0 Å². The molecule has 134 valence electrons. The normalized spacial score (nSPS) is 13.5. The second-order valence-corrected chi connectivity index (χ2v) is 6.65. The van der Waals surface area contributed by atoms with Crippen LogP contribution in [0.2, 0.25) is 0 Å². The van der Waals surface area contributed by atoms with Gasteiger partial charge in [-0.2, -0.15) is 0 Å². The first kappa shape index (κ1) is 16.6. The van der Waals surface area contributed by atoms with E-state index in [2.05, 4.69) is 9.97 Å². The third-order valence-electron chi connectivity index (χ3n) is 4.89. The molecule has 0 radical (unpaired) electrons. The number of nitrogens with zero attached hydrogens (tertiary/aromatic N) is 2. The molecular weight excluding hydrogens is 330 g/mol. The van der Waals surface area contributed by atoms with Gasteiger partial charge in [0, 0.05) is 18.9 Å². The summed E-state index contributed by atoms with van der Waals surface area (Å²) in [5, 5.41) is 0.598. The zero-order chi connectivity index (χ0) is 17.9. The first-order valence-corrected chi connectivity index (χ1v) is 9.04. The molecule has 4 rings (SSSR count). The van der Waals surface area contributed by atoms with Gasteiger partial charge >= 0.3 is 5.69 Å². The third kappa shape index (κ3) is 3.27. The van der Waals surface area contributed by atoms with Crippen molar-refractivity contribution in [3.8, 4) is 5.75 Å². The summed E-state index contributed by atoms with van der Waals surface area (Å²) in [6.45, 7) is 0.754. The number of rotatable bonds is 5. The second kappa shape index (κ2) is 7.15. The number of hydrogen-bond donors (Lipinski definition) is 1. The number of H-pyrrole nitrogens is 1. The summed E-state index contributed by atoms with van der Waals surface area (Å²) in [5.74, 6) is 0.728. The summed E-state index contributed by atoms with van der Waals surface area (Å²) in [5.41, 5.74) is 2.55. The fourth-order valence-corrected chi connectivity index (χ4v) is 3.54. The van der Waals surface area contributed by atoms with Crippen LogP contribution < -0.4 is 16.0 Å². The van der Waals surface area contributed by atoms with Gasteiger partial charge in [-0.1, -0.05) is 0 Å². The Bertz CT molecular complexity index is 1040. The van der Waals surface area contributed by atoms with E-state index in [0.29, 0.717) is 30.5 Å². The Hall–Kier alpha value is -2.89. The molecule has 1 aliphatic rings. The minimum atomic E-state index is -0.359. The number of pyridine rings is 1. The lowest BCUT2D eigenvalue weighted by atomic mass is 9.90. The molecule has 0 saturated carbocycles. The standard InChI is InChI=1S/C20H21N3O3/c24-19-17-12-14-4-1-2-5-15(14)13-18(17)22-20(25)23(19)10-3-11-26-16-6-8-21-9-7-16/h6-9,12-13H,1-5,10-11H2,(H,22,25). The Morgan fingerprint density at radius 2 is 1.81 bits per heavy atom. The summed E-state index contributed by atoms with van der Waals surface area (Å²) in [6, 6.07) is 7.49. The van der Waals surface area contributed by atoms with E-state index < -0.39 is 0 Å². The van der Waals surface area contributed by atoms with Crippen LogP contribution in [0.15, 0.2) is 46.2 Å². The highest BCUT2D eigenvalue weighted by atomic mass is 16.5. The molecule has 0 spiro atoms. The average Bonchev–Trinajstić information content (AvgIpc) is 2.67. The molecule has 6 nitrogen and oxygen atoms in total. The largest absolute Gasteiger partial charge is 0.493 e. The van der Waals surface area contributed by atoms with Crippen LogP contribution in [0.25, 0.3) is 10.9 Å². The van der Waals surface area contributed by atoms with E-state index in [-0.39, 0.29) is 11.2 Å². The minimum Gasteiger partial charge on any atom is -0.493 e. The fourth-order valence-electron chi connectivity index (χ4n) is 3.54. The number of hydrogen-bond acceptors (Lipinski definition) is 4. The zero-order valence-corrected chi connectivity index (χ0v) is 14.5. The number of aromatic nitrogens is 3. The second-order valence-electron chi connectivity index (χ2n) is 6.65. The molecule has 3 aromatic rings. The monoisotopic (exact) mass is 351 g/mol. The highest BCUT2D eigenvalue weighted by Crippen LogP contribution is 2.24. The molecule has 2 heterocycles. The quantitative estimate of drug-likeness (QED) is 0.716. The van der Waals surface area contributed by atoms with Crippen LogP contribution >= 0.6 is 0 Å². The predicted octanol–water partition coefficient (Wildman–Crippen LogP) is 2.43. The Morgan fingerprint density at radius 1 is 1.08 bits per heavy atom. The van der Waals surface area contributed by atoms with Crippen LogP contribution in [-0.2, 0) is 19.4 Å². The first-order valence-electron chi connectivity index (χ1n) is 9.04. The van der Waals surface area contributed by atoms with E-state index in [1.54, 1.807) is 24.5 Å². The van der Waals surface area contributed by atoms with Crippen molar-refractivity contribution >= 4 is 10.9 Å². The SMILES string of the molecule is O=c1[nH]c2cc3c(cc2c(=O)n1CCCOc1ccncc1)CCCC3. The van der Waals surface area contributed by atoms with Gasteiger partial charge in [0.05, 0.1) is 17.5 Å². The topological polar surface area (TPSA) is 77.0 Å². The van der Waals surface area contributed by atoms with Crippen molar-refractivity contribution in [2.75, 3.05) is 6.61 Å². The molecule has 0 saturated heterocycles. The molecule has 0 bridgehead atoms. The van der Waals surface area contributed by atoms with Gasteiger partial charge in [0.1, 0.15) is 5.75 Å². The predicted molar refractivity (Wildman–Crippen MR) is 99.8 cm³/mol. The Morgan fingerprint density at radius 3 is 2.58 bits per heavy atom. The van der Waals surface area contributed by atoms with Crippen molar-refractivity contribution in [1.82, 2.24) is 14.5 Å². The number of ether oxygens (including phenoxy) is 1. The summed E-state index contributed by atoms with van der Waals surface area (Å²) >= 11 is 0. The van der Waals surface area contributed by atoms with E-state index >= 15 is 0 Å². The smallest absolute Gasteiger partial charge is 0.328 e. The van der Waals surface area contributed by atoms with Crippen LogP contribution in [-0.4, -0.2) is 21.1 Å².